The maximum Gasteiger partial charge on any atom is 0.416 e. The number of nitrogens with one attached hydrogen (secondary N) is 1. The summed E-state index contributed by atoms with van der Waals surface area (Å²) >= 11 is 0. The number of piperazine rings is 1. The molecule has 1 heterocycles. The molecule has 0 aliphatic carbocycles. The standard InChI is InChI=1S/C14H19F3N2.2ClH/c1-2-13(19-9-7-18-8-10-19)11-3-5-12(6-4-11)14(15,16)17;;/h3-6,13,18H,2,7-10H2,1H3;2*1H/t13-;;/m1../s1. The van der Waals surface area contributed by atoms with Crippen molar-refractivity contribution < 1.29 is 13.2 Å². The van der Waals surface area contributed by atoms with Gasteiger partial charge in [-0.25, -0.2) is 0 Å². The second-order valence-corrected chi connectivity index (χ2v) is 4.83. The summed E-state index contributed by atoms with van der Waals surface area (Å²) in [5.41, 5.74) is 0.392. The molecule has 0 radical (unpaired) electrons. The fourth-order valence-corrected chi connectivity index (χ4v) is 2.59. The Bertz CT molecular complexity index is 404. The van der Waals surface area contributed by atoms with Gasteiger partial charge in [0.1, 0.15) is 0 Å². The van der Waals surface area contributed by atoms with E-state index >= 15 is 0 Å². The van der Waals surface area contributed by atoms with Crippen LogP contribution in [0.3, 0.4) is 0 Å². The van der Waals surface area contributed by atoms with Crippen molar-refractivity contribution >= 4 is 24.8 Å². The summed E-state index contributed by atoms with van der Waals surface area (Å²) in [6.45, 7) is 5.84. The SMILES string of the molecule is CC[C@H](c1ccc(C(F)(F)F)cc1)N1CCNCC1.Cl.Cl. The molecule has 0 bridgehead atoms. The molecule has 1 aromatic rings. The molecule has 7 heteroatoms. The highest BCUT2D eigenvalue weighted by atomic mass is 35.5. The second kappa shape index (κ2) is 8.83. The summed E-state index contributed by atoms with van der Waals surface area (Å²) in [6, 6.07) is 5.79. The van der Waals surface area contributed by atoms with E-state index in [1.807, 2.05) is 0 Å². The molecular weight excluding hydrogens is 324 g/mol. The molecule has 21 heavy (non-hydrogen) atoms. The molecule has 0 amide bonds. The average Bonchev–Trinajstić information content (AvgIpc) is 2.40. The summed E-state index contributed by atoms with van der Waals surface area (Å²) in [6.07, 6.45) is -3.35. The zero-order valence-electron chi connectivity index (χ0n) is 11.8. The molecule has 0 aromatic heterocycles. The van der Waals surface area contributed by atoms with Gasteiger partial charge in [-0.05, 0) is 24.1 Å². The highest BCUT2D eigenvalue weighted by molar-refractivity contribution is 5.85. The minimum Gasteiger partial charge on any atom is -0.314 e. The molecule has 1 aliphatic rings. The molecule has 1 atom stereocenters. The Balaban J connectivity index is 0.00000200. The van der Waals surface area contributed by atoms with Crippen molar-refractivity contribution in [3.8, 4) is 0 Å². The fraction of sp³-hybridized carbons (Fsp3) is 0.571. The molecule has 1 aliphatic heterocycles. The predicted molar refractivity (Wildman–Crippen MR) is 83.4 cm³/mol. The molecule has 1 fully saturated rings. The molecule has 2 rings (SSSR count). The van der Waals surface area contributed by atoms with E-state index in [9.17, 15) is 13.2 Å². The van der Waals surface area contributed by atoms with Gasteiger partial charge in [0.15, 0.2) is 0 Å². The Morgan fingerprint density at radius 1 is 1.10 bits per heavy atom. The van der Waals surface area contributed by atoms with E-state index in [2.05, 4.69) is 17.1 Å². The lowest BCUT2D eigenvalue weighted by Crippen LogP contribution is -2.45. The zero-order valence-corrected chi connectivity index (χ0v) is 13.5. The van der Waals surface area contributed by atoms with Crippen molar-refractivity contribution in [3.63, 3.8) is 0 Å². The van der Waals surface area contributed by atoms with Crippen LogP contribution in [-0.4, -0.2) is 31.1 Å². The van der Waals surface area contributed by atoms with Gasteiger partial charge in [0, 0.05) is 32.2 Å². The average molecular weight is 345 g/mol. The number of hydrogen-bond donors (Lipinski definition) is 1. The minimum absolute atomic E-state index is 0. The summed E-state index contributed by atoms with van der Waals surface area (Å²) in [4.78, 5) is 2.33. The van der Waals surface area contributed by atoms with Crippen molar-refractivity contribution in [1.29, 1.82) is 0 Å². The van der Waals surface area contributed by atoms with Gasteiger partial charge in [-0.15, -0.1) is 24.8 Å². The van der Waals surface area contributed by atoms with Crippen LogP contribution in [0.5, 0.6) is 0 Å². The van der Waals surface area contributed by atoms with Gasteiger partial charge < -0.3 is 5.32 Å². The normalized spacial score (nSPS) is 17.5. The lowest BCUT2D eigenvalue weighted by Gasteiger charge is -2.34. The van der Waals surface area contributed by atoms with E-state index in [0.717, 1.165) is 38.2 Å². The first-order valence-corrected chi connectivity index (χ1v) is 6.64. The van der Waals surface area contributed by atoms with Crippen LogP contribution in [0, 0.1) is 0 Å². The summed E-state index contributed by atoms with van der Waals surface area (Å²) < 4.78 is 37.6. The van der Waals surface area contributed by atoms with Gasteiger partial charge in [-0.1, -0.05) is 19.1 Å². The molecule has 0 spiro atoms. The van der Waals surface area contributed by atoms with Gasteiger partial charge in [0.25, 0.3) is 0 Å². The molecule has 2 nitrogen and oxygen atoms in total. The highest BCUT2D eigenvalue weighted by Crippen LogP contribution is 2.31. The smallest absolute Gasteiger partial charge is 0.314 e. The third kappa shape index (κ3) is 5.33. The van der Waals surface area contributed by atoms with E-state index in [4.69, 9.17) is 0 Å². The Hall–Kier alpha value is -0.490. The number of nitrogens with zero attached hydrogens (tertiary/aromatic N) is 1. The number of alkyl halides is 3. The Morgan fingerprint density at radius 2 is 1.62 bits per heavy atom. The molecular formula is C14H21Cl2F3N2. The molecule has 1 aromatic carbocycles. The summed E-state index contributed by atoms with van der Waals surface area (Å²) in [5.74, 6) is 0. The van der Waals surface area contributed by atoms with Crippen LogP contribution < -0.4 is 5.32 Å². The minimum atomic E-state index is -4.25. The van der Waals surface area contributed by atoms with Gasteiger partial charge in [-0.2, -0.15) is 13.2 Å². The van der Waals surface area contributed by atoms with Crippen molar-refractivity contribution in [2.75, 3.05) is 26.2 Å². The molecule has 0 unspecified atom stereocenters. The summed E-state index contributed by atoms with van der Waals surface area (Å²) in [7, 11) is 0. The monoisotopic (exact) mass is 344 g/mol. The molecule has 1 saturated heterocycles. The van der Waals surface area contributed by atoms with Crippen LogP contribution in [0.15, 0.2) is 24.3 Å². The quantitative estimate of drug-likeness (QED) is 0.894. The van der Waals surface area contributed by atoms with Crippen LogP contribution in [0.1, 0.15) is 30.5 Å². The zero-order chi connectivity index (χ0) is 13.9. The number of rotatable bonds is 3. The van der Waals surface area contributed by atoms with Crippen molar-refractivity contribution in [1.82, 2.24) is 10.2 Å². The van der Waals surface area contributed by atoms with E-state index in [1.165, 1.54) is 12.1 Å². The van der Waals surface area contributed by atoms with Crippen molar-refractivity contribution in [2.24, 2.45) is 0 Å². The first-order valence-electron chi connectivity index (χ1n) is 6.64. The highest BCUT2D eigenvalue weighted by Gasteiger charge is 2.30. The van der Waals surface area contributed by atoms with E-state index in [-0.39, 0.29) is 30.9 Å². The maximum atomic E-state index is 12.5. The summed E-state index contributed by atoms with van der Waals surface area (Å²) in [5, 5.41) is 3.28. The van der Waals surface area contributed by atoms with Crippen molar-refractivity contribution in [2.45, 2.75) is 25.6 Å². The third-order valence-corrected chi connectivity index (χ3v) is 3.60. The first kappa shape index (κ1) is 20.5. The number of hydrogen-bond acceptors (Lipinski definition) is 2. The van der Waals surface area contributed by atoms with Crippen LogP contribution in [0.2, 0.25) is 0 Å². The van der Waals surface area contributed by atoms with E-state index in [1.54, 1.807) is 12.1 Å². The third-order valence-electron chi connectivity index (χ3n) is 3.60. The van der Waals surface area contributed by atoms with Crippen LogP contribution in [0.25, 0.3) is 0 Å². The Labute approximate surface area is 135 Å². The topological polar surface area (TPSA) is 15.3 Å². The predicted octanol–water partition coefficient (Wildman–Crippen LogP) is 3.91. The maximum absolute atomic E-state index is 12.5. The van der Waals surface area contributed by atoms with Gasteiger partial charge in [0.2, 0.25) is 0 Å². The van der Waals surface area contributed by atoms with Crippen LogP contribution in [0.4, 0.5) is 13.2 Å². The second-order valence-electron chi connectivity index (χ2n) is 4.83. The molecule has 0 saturated carbocycles. The lowest BCUT2D eigenvalue weighted by molar-refractivity contribution is -0.137. The van der Waals surface area contributed by atoms with Gasteiger partial charge >= 0.3 is 6.18 Å². The molecule has 1 N–H and O–H groups in total. The van der Waals surface area contributed by atoms with Gasteiger partial charge in [0.05, 0.1) is 5.56 Å². The lowest BCUT2D eigenvalue weighted by atomic mass is 10.0. The fourth-order valence-electron chi connectivity index (χ4n) is 2.59. The Kier molecular flexibility index (Phi) is 8.63. The first-order chi connectivity index (χ1) is 9.02. The van der Waals surface area contributed by atoms with E-state index in [0.29, 0.717) is 0 Å². The van der Waals surface area contributed by atoms with Crippen LogP contribution >= 0.6 is 24.8 Å². The molecule has 122 valence electrons. The number of benzene rings is 1. The van der Waals surface area contributed by atoms with Crippen molar-refractivity contribution in [3.05, 3.63) is 35.4 Å². The number of halogens is 5. The largest absolute Gasteiger partial charge is 0.416 e. The van der Waals surface area contributed by atoms with Crippen LogP contribution in [-0.2, 0) is 6.18 Å². The Morgan fingerprint density at radius 3 is 2.05 bits per heavy atom. The van der Waals surface area contributed by atoms with Gasteiger partial charge in [-0.3, -0.25) is 4.90 Å². The van der Waals surface area contributed by atoms with E-state index < -0.39 is 11.7 Å².